The van der Waals surface area contributed by atoms with Gasteiger partial charge in [-0.1, -0.05) is 18.2 Å². The second-order valence-electron chi connectivity index (χ2n) is 5.82. The highest BCUT2D eigenvalue weighted by Gasteiger charge is 2.21. The van der Waals surface area contributed by atoms with E-state index in [9.17, 15) is 4.79 Å². The molecule has 0 saturated heterocycles. The number of aromatic nitrogens is 2. The topological polar surface area (TPSA) is 72.4 Å². The molecule has 25 heavy (non-hydrogen) atoms. The summed E-state index contributed by atoms with van der Waals surface area (Å²) < 4.78 is 7.52. The van der Waals surface area contributed by atoms with E-state index >= 15 is 0 Å². The third-order valence-electron chi connectivity index (χ3n) is 4.00. The van der Waals surface area contributed by atoms with Crippen LogP contribution in [0, 0.1) is 6.92 Å². The van der Waals surface area contributed by atoms with Gasteiger partial charge in [-0.25, -0.2) is 10.1 Å². The first-order valence-corrected chi connectivity index (χ1v) is 7.90. The molecule has 1 aliphatic rings. The van der Waals surface area contributed by atoms with Crippen LogP contribution in [0.25, 0.3) is 23.2 Å². The van der Waals surface area contributed by atoms with E-state index in [1.165, 1.54) is 0 Å². The molecule has 6 heteroatoms. The Bertz CT molecular complexity index is 1010. The number of hydrogen-bond donors (Lipinski definition) is 1. The van der Waals surface area contributed by atoms with Crippen LogP contribution in [-0.4, -0.2) is 21.4 Å². The first-order valence-electron chi connectivity index (χ1n) is 7.90. The molecule has 3 aromatic rings. The Kier molecular flexibility index (Phi) is 3.57. The van der Waals surface area contributed by atoms with Gasteiger partial charge >= 0.3 is 0 Å². The van der Waals surface area contributed by atoms with Gasteiger partial charge in [0, 0.05) is 11.8 Å². The Labute approximate surface area is 144 Å². The van der Waals surface area contributed by atoms with Gasteiger partial charge in [-0.3, -0.25) is 4.79 Å². The van der Waals surface area contributed by atoms with Crippen molar-refractivity contribution in [3.8, 4) is 17.1 Å². The quantitative estimate of drug-likeness (QED) is 0.748. The first kappa shape index (κ1) is 15.1. The molecular weight excluding hydrogens is 316 g/mol. The minimum absolute atomic E-state index is 0.216. The highest BCUT2D eigenvalue weighted by molar-refractivity contribution is 6.26. The molecule has 124 valence electrons. The first-order chi connectivity index (χ1) is 12.1. The third-order valence-corrected chi connectivity index (χ3v) is 4.00. The zero-order valence-corrected chi connectivity index (χ0v) is 13.9. The summed E-state index contributed by atoms with van der Waals surface area (Å²) in [6.45, 7) is 3.68. The van der Waals surface area contributed by atoms with Gasteiger partial charge in [0.2, 0.25) is 0 Å². The second-order valence-corrected chi connectivity index (χ2v) is 5.82. The second kappa shape index (κ2) is 5.90. The number of carbonyl (C=O) groups excluding carboxylic acids is 1. The van der Waals surface area contributed by atoms with Crippen molar-refractivity contribution in [2.75, 3.05) is 0 Å². The van der Waals surface area contributed by atoms with Gasteiger partial charge in [0.1, 0.15) is 11.5 Å². The van der Waals surface area contributed by atoms with Crippen molar-refractivity contribution in [2.45, 2.75) is 13.8 Å². The molecule has 1 aliphatic heterocycles. The molecule has 0 saturated carbocycles. The Morgan fingerprint density at radius 3 is 2.56 bits per heavy atom. The molecule has 0 spiro atoms. The van der Waals surface area contributed by atoms with Gasteiger partial charge in [-0.15, -0.1) is 0 Å². The summed E-state index contributed by atoms with van der Waals surface area (Å²) in [5.74, 6) is 1.25. The van der Waals surface area contributed by atoms with Gasteiger partial charge in [0.25, 0.3) is 5.91 Å². The molecule has 6 nitrogen and oxygen atoms in total. The molecule has 0 bridgehead atoms. The molecule has 0 fully saturated rings. The van der Waals surface area contributed by atoms with Crippen LogP contribution in [0.15, 0.2) is 63.8 Å². The number of hydrogen-bond acceptors (Lipinski definition) is 4. The summed E-state index contributed by atoms with van der Waals surface area (Å²) in [6.07, 6.45) is 3.68. The normalized spacial score (nSPS) is 15.5. The Hall–Kier alpha value is -3.41. The number of para-hydroxylation sites is 1. The maximum atomic E-state index is 12.0. The van der Waals surface area contributed by atoms with Crippen LogP contribution < -0.4 is 5.43 Å². The van der Waals surface area contributed by atoms with Crippen LogP contribution in [0.5, 0.6) is 0 Å². The molecule has 0 atom stereocenters. The molecular formula is C19H16N4O2. The predicted octanol–water partition coefficient (Wildman–Crippen LogP) is 3.33. The van der Waals surface area contributed by atoms with Crippen LogP contribution in [0.4, 0.5) is 0 Å². The number of nitrogens with one attached hydrogen (secondary N) is 1. The van der Waals surface area contributed by atoms with E-state index in [4.69, 9.17) is 4.42 Å². The lowest BCUT2D eigenvalue weighted by atomic mass is 10.1. The highest BCUT2D eigenvalue weighted by atomic mass is 16.3. The Morgan fingerprint density at radius 1 is 1.12 bits per heavy atom. The number of aryl methyl sites for hydroxylation is 1. The zero-order valence-electron chi connectivity index (χ0n) is 13.9. The maximum absolute atomic E-state index is 12.0. The summed E-state index contributed by atoms with van der Waals surface area (Å²) in [5.41, 5.74) is 6.05. The number of benzene rings is 1. The van der Waals surface area contributed by atoms with Crippen molar-refractivity contribution < 1.29 is 9.21 Å². The van der Waals surface area contributed by atoms with Gasteiger partial charge in [0.05, 0.1) is 17.0 Å². The van der Waals surface area contributed by atoms with Crippen LogP contribution in [-0.2, 0) is 4.79 Å². The molecule has 0 aliphatic carbocycles. The van der Waals surface area contributed by atoms with Crippen molar-refractivity contribution in [3.63, 3.8) is 0 Å². The number of hydrazone groups is 1. The zero-order chi connectivity index (χ0) is 17.4. The van der Waals surface area contributed by atoms with Crippen LogP contribution in [0.1, 0.15) is 18.2 Å². The van der Waals surface area contributed by atoms with Crippen molar-refractivity contribution in [1.82, 2.24) is 15.2 Å². The Balaban J connectivity index is 1.87. The van der Waals surface area contributed by atoms with Gasteiger partial charge in [-0.2, -0.15) is 10.2 Å². The fourth-order valence-corrected chi connectivity index (χ4v) is 2.70. The third kappa shape index (κ3) is 2.78. The van der Waals surface area contributed by atoms with Crippen molar-refractivity contribution in [1.29, 1.82) is 0 Å². The van der Waals surface area contributed by atoms with Crippen molar-refractivity contribution in [2.24, 2.45) is 5.10 Å². The largest absolute Gasteiger partial charge is 0.460 e. The molecule has 1 aromatic carbocycles. The lowest BCUT2D eigenvalue weighted by molar-refractivity contribution is -0.116. The average Bonchev–Trinajstić information content (AvgIpc) is 3.31. The van der Waals surface area contributed by atoms with E-state index in [0.29, 0.717) is 22.7 Å². The summed E-state index contributed by atoms with van der Waals surface area (Å²) >= 11 is 0. The SMILES string of the molecule is CC1=NNC(=O)/C1=C/c1cn(-c2ccccc2)nc1-c1ccc(C)o1. The Morgan fingerprint density at radius 2 is 1.92 bits per heavy atom. The standard InChI is InChI=1S/C19H16N4O2/c1-12-8-9-17(25-12)18-14(10-16-13(2)20-21-19(16)24)11-23(22-18)15-6-4-3-5-7-15/h3-11H,1-2H3,(H,21,24)/b16-10+. The fourth-order valence-electron chi connectivity index (χ4n) is 2.70. The molecule has 3 heterocycles. The van der Waals surface area contributed by atoms with Crippen LogP contribution in [0.3, 0.4) is 0 Å². The van der Waals surface area contributed by atoms with Crippen LogP contribution >= 0.6 is 0 Å². The summed E-state index contributed by atoms with van der Waals surface area (Å²) in [4.78, 5) is 12.0. The van der Waals surface area contributed by atoms with Gasteiger partial charge < -0.3 is 4.42 Å². The molecule has 4 rings (SSSR count). The van der Waals surface area contributed by atoms with E-state index in [1.807, 2.05) is 55.6 Å². The summed E-state index contributed by atoms with van der Waals surface area (Å²) in [5, 5.41) is 8.63. The summed E-state index contributed by atoms with van der Waals surface area (Å²) in [6, 6.07) is 13.6. The van der Waals surface area contributed by atoms with E-state index in [2.05, 4.69) is 15.6 Å². The number of carbonyl (C=O) groups is 1. The highest BCUT2D eigenvalue weighted by Crippen LogP contribution is 2.28. The molecule has 0 radical (unpaired) electrons. The number of amides is 1. The van der Waals surface area contributed by atoms with Crippen LogP contribution in [0.2, 0.25) is 0 Å². The van der Waals surface area contributed by atoms with E-state index in [-0.39, 0.29) is 5.91 Å². The number of rotatable bonds is 3. The van der Waals surface area contributed by atoms with Crippen molar-refractivity contribution >= 4 is 17.7 Å². The van der Waals surface area contributed by atoms with Gasteiger partial charge in [-0.05, 0) is 44.2 Å². The smallest absolute Gasteiger partial charge is 0.273 e. The lowest BCUT2D eigenvalue weighted by Gasteiger charge is -1.98. The monoisotopic (exact) mass is 332 g/mol. The summed E-state index contributed by atoms with van der Waals surface area (Å²) in [7, 11) is 0. The van der Waals surface area contributed by atoms with Gasteiger partial charge in [0.15, 0.2) is 5.76 Å². The maximum Gasteiger partial charge on any atom is 0.273 e. The van der Waals surface area contributed by atoms with E-state index < -0.39 is 0 Å². The molecule has 1 N–H and O–H groups in total. The molecule has 0 unspecified atom stereocenters. The minimum atomic E-state index is -0.216. The number of furan rings is 1. The number of nitrogens with zero attached hydrogens (tertiary/aromatic N) is 3. The van der Waals surface area contributed by atoms with E-state index in [1.54, 1.807) is 17.7 Å². The van der Waals surface area contributed by atoms with Crippen molar-refractivity contribution in [3.05, 3.63) is 65.6 Å². The minimum Gasteiger partial charge on any atom is -0.460 e. The lowest BCUT2D eigenvalue weighted by Crippen LogP contribution is -2.12. The predicted molar refractivity (Wildman–Crippen MR) is 95.2 cm³/mol. The fraction of sp³-hybridized carbons (Fsp3) is 0.105. The molecule has 1 amide bonds. The van der Waals surface area contributed by atoms with E-state index in [0.717, 1.165) is 17.0 Å². The molecule has 2 aromatic heterocycles. The average molecular weight is 332 g/mol.